The molecule has 0 spiro atoms. The van der Waals surface area contributed by atoms with Crippen molar-refractivity contribution < 1.29 is 19.4 Å². The van der Waals surface area contributed by atoms with Gasteiger partial charge in [-0.1, -0.05) is 11.8 Å². The number of unbranched alkanes of at least 4 members (excludes halogenated alkanes) is 1. The Morgan fingerprint density at radius 1 is 1.42 bits per heavy atom. The second kappa shape index (κ2) is 5.55. The van der Waals surface area contributed by atoms with E-state index in [1.165, 1.54) is 18.3 Å². The van der Waals surface area contributed by atoms with Gasteiger partial charge in [-0.3, -0.25) is 4.57 Å². The molecule has 0 fully saturated rings. The third-order valence-electron chi connectivity index (χ3n) is 2.67. The van der Waals surface area contributed by atoms with Gasteiger partial charge in [0.05, 0.1) is 11.1 Å². The molecule has 0 atom stereocenters. The maximum atomic E-state index is 13.8. The molecule has 2 aromatic rings. The molecular weight excluding hydrogens is 249 g/mol. The third-order valence-corrected chi connectivity index (χ3v) is 2.67. The maximum absolute atomic E-state index is 13.8. The Hall–Kier alpha value is -2.32. The van der Waals surface area contributed by atoms with E-state index in [-0.39, 0.29) is 12.2 Å². The van der Waals surface area contributed by atoms with Crippen molar-refractivity contribution in [2.24, 2.45) is 0 Å². The van der Waals surface area contributed by atoms with Crippen molar-refractivity contribution in [1.82, 2.24) is 4.57 Å². The number of carboxylic acid groups (broad SMARTS) is 1. The predicted octanol–water partition coefficient (Wildman–Crippen LogP) is 2.43. The zero-order chi connectivity index (χ0) is 13.8. The molecule has 1 aromatic carbocycles. The van der Waals surface area contributed by atoms with E-state index in [1.807, 2.05) is 0 Å². The summed E-state index contributed by atoms with van der Waals surface area (Å²) < 4.78 is 14.8. The molecular formula is C14H12FNO3. The fourth-order valence-electron chi connectivity index (χ4n) is 1.74. The second-order valence-corrected chi connectivity index (χ2v) is 3.99. The molecule has 0 aliphatic rings. The molecule has 0 radical (unpaired) electrons. The van der Waals surface area contributed by atoms with Crippen LogP contribution in [-0.4, -0.2) is 27.5 Å². The number of benzene rings is 1. The van der Waals surface area contributed by atoms with Crippen molar-refractivity contribution in [3.63, 3.8) is 0 Å². The number of hydrogen-bond donors (Lipinski definition) is 2. The number of rotatable bonds is 2. The summed E-state index contributed by atoms with van der Waals surface area (Å²) in [5, 5.41) is 18.2. The van der Waals surface area contributed by atoms with Gasteiger partial charge in [0.2, 0.25) is 0 Å². The third kappa shape index (κ3) is 2.75. The number of aromatic nitrogens is 1. The van der Waals surface area contributed by atoms with Gasteiger partial charge in [-0.25, -0.2) is 9.18 Å². The summed E-state index contributed by atoms with van der Waals surface area (Å²) in [5.74, 6) is 4.90. The van der Waals surface area contributed by atoms with Gasteiger partial charge in [-0.2, -0.15) is 0 Å². The van der Waals surface area contributed by atoms with Gasteiger partial charge >= 0.3 is 6.09 Å². The quantitative estimate of drug-likeness (QED) is 0.644. The van der Waals surface area contributed by atoms with Gasteiger partial charge in [-0.15, -0.1) is 0 Å². The Balaban J connectivity index is 2.39. The van der Waals surface area contributed by atoms with Crippen molar-refractivity contribution in [2.75, 3.05) is 6.61 Å². The number of hydrogen-bond acceptors (Lipinski definition) is 2. The molecule has 5 heteroatoms. The van der Waals surface area contributed by atoms with Gasteiger partial charge in [-0.05, 0) is 24.6 Å². The molecule has 0 unspecified atom stereocenters. The van der Waals surface area contributed by atoms with Crippen LogP contribution in [0.5, 0.6) is 0 Å². The number of halogens is 1. The lowest BCUT2D eigenvalue weighted by Crippen LogP contribution is -2.05. The molecule has 19 heavy (non-hydrogen) atoms. The molecule has 0 aliphatic carbocycles. The molecule has 0 bridgehead atoms. The maximum Gasteiger partial charge on any atom is 0.416 e. The summed E-state index contributed by atoms with van der Waals surface area (Å²) >= 11 is 0. The number of nitrogens with zero attached hydrogens (tertiary/aromatic N) is 1. The van der Waals surface area contributed by atoms with Gasteiger partial charge in [0.25, 0.3) is 0 Å². The zero-order valence-corrected chi connectivity index (χ0v) is 10.1. The summed E-state index contributed by atoms with van der Waals surface area (Å²) in [6.07, 6.45) is 1.25. The minimum Gasteiger partial charge on any atom is -0.464 e. The van der Waals surface area contributed by atoms with Crippen LogP contribution in [0.1, 0.15) is 18.4 Å². The first-order valence-electron chi connectivity index (χ1n) is 5.77. The Morgan fingerprint density at radius 2 is 2.21 bits per heavy atom. The number of fused-ring (bicyclic) bond motifs is 1. The molecule has 2 rings (SSSR count). The summed E-state index contributed by atoms with van der Waals surface area (Å²) in [6, 6.07) is 4.29. The Morgan fingerprint density at radius 3 is 2.89 bits per heavy atom. The summed E-state index contributed by atoms with van der Waals surface area (Å²) in [7, 11) is 0. The molecule has 0 saturated carbocycles. The highest BCUT2D eigenvalue weighted by Crippen LogP contribution is 2.20. The highest BCUT2D eigenvalue weighted by molar-refractivity contribution is 5.89. The SMILES string of the molecule is O=C(O)n1ccc2cc(C#CCCCO)c(F)cc21. The largest absolute Gasteiger partial charge is 0.464 e. The monoisotopic (exact) mass is 261 g/mol. The smallest absolute Gasteiger partial charge is 0.416 e. The average Bonchev–Trinajstić information content (AvgIpc) is 2.77. The Bertz CT molecular complexity index is 679. The highest BCUT2D eigenvalue weighted by atomic mass is 19.1. The van der Waals surface area contributed by atoms with Crippen LogP contribution in [0.2, 0.25) is 0 Å². The fraction of sp³-hybridized carbons (Fsp3) is 0.214. The fourth-order valence-corrected chi connectivity index (χ4v) is 1.74. The predicted molar refractivity (Wildman–Crippen MR) is 68.5 cm³/mol. The highest BCUT2D eigenvalue weighted by Gasteiger charge is 2.10. The van der Waals surface area contributed by atoms with Crippen LogP contribution in [0.3, 0.4) is 0 Å². The first-order valence-corrected chi connectivity index (χ1v) is 5.77. The van der Waals surface area contributed by atoms with Crippen LogP contribution in [0.15, 0.2) is 24.4 Å². The molecule has 2 N–H and O–H groups in total. The normalized spacial score (nSPS) is 10.2. The number of carbonyl (C=O) groups is 1. The second-order valence-electron chi connectivity index (χ2n) is 3.99. The summed E-state index contributed by atoms with van der Waals surface area (Å²) in [5.41, 5.74) is 0.527. The van der Waals surface area contributed by atoms with E-state index in [0.717, 1.165) is 4.57 Å². The van der Waals surface area contributed by atoms with Crippen molar-refractivity contribution in [3.05, 3.63) is 35.8 Å². The van der Waals surface area contributed by atoms with Crippen LogP contribution in [-0.2, 0) is 0 Å². The molecule has 4 nitrogen and oxygen atoms in total. The van der Waals surface area contributed by atoms with E-state index in [1.54, 1.807) is 6.07 Å². The lowest BCUT2D eigenvalue weighted by molar-refractivity contribution is 0.197. The van der Waals surface area contributed by atoms with Crippen LogP contribution >= 0.6 is 0 Å². The topological polar surface area (TPSA) is 62.5 Å². The first-order chi connectivity index (χ1) is 9.13. The Labute approximate surface area is 109 Å². The van der Waals surface area contributed by atoms with E-state index in [2.05, 4.69) is 11.8 Å². The summed E-state index contributed by atoms with van der Waals surface area (Å²) in [4.78, 5) is 10.9. The van der Waals surface area contributed by atoms with Crippen LogP contribution in [0.25, 0.3) is 10.9 Å². The van der Waals surface area contributed by atoms with Gasteiger partial charge in [0.1, 0.15) is 5.82 Å². The van der Waals surface area contributed by atoms with E-state index < -0.39 is 11.9 Å². The average molecular weight is 261 g/mol. The zero-order valence-electron chi connectivity index (χ0n) is 10.1. The minimum absolute atomic E-state index is 0.0532. The first kappa shape index (κ1) is 13.1. The molecule has 98 valence electrons. The van der Waals surface area contributed by atoms with Crippen molar-refractivity contribution in [2.45, 2.75) is 12.8 Å². The number of aliphatic hydroxyl groups excluding tert-OH is 1. The van der Waals surface area contributed by atoms with Crippen LogP contribution in [0, 0.1) is 17.7 Å². The molecule has 0 aliphatic heterocycles. The van der Waals surface area contributed by atoms with Gasteiger partial charge < -0.3 is 10.2 Å². The van der Waals surface area contributed by atoms with Crippen LogP contribution < -0.4 is 0 Å². The molecule has 1 aromatic heterocycles. The standard InChI is InChI=1S/C14H12FNO3/c15-12-9-13-11(5-6-16(13)14(18)19)8-10(12)4-2-1-3-7-17/h5-6,8-9,17H,1,3,7H2,(H,18,19). The Kier molecular flexibility index (Phi) is 3.83. The summed E-state index contributed by atoms with van der Waals surface area (Å²) in [6.45, 7) is 0.0532. The lowest BCUT2D eigenvalue weighted by atomic mass is 10.1. The van der Waals surface area contributed by atoms with Crippen molar-refractivity contribution in [3.8, 4) is 11.8 Å². The minimum atomic E-state index is -1.16. The van der Waals surface area contributed by atoms with Crippen molar-refractivity contribution >= 4 is 17.0 Å². The van der Waals surface area contributed by atoms with Crippen molar-refractivity contribution in [1.29, 1.82) is 0 Å². The van der Waals surface area contributed by atoms with Gasteiger partial charge in [0, 0.05) is 24.6 Å². The molecule has 0 amide bonds. The lowest BCUT2D eigenvalue weighted by Gasteiger charge is -2.00. The molecule has 0 saturated heterocycles. The molecule has 1 heterocycles. The van der Waals surface area contributed by atoms with E-state index >= 15 is 0 Å². The number of aliphatic hydroxyl groups is 1. The van der Waals surface area contributed by atoms with E-state index in [4.69, 9.17) is 10.2 Å². The van der Waals surface area contributed by atoms with E-state index in [9.17, 15) is 9.18 Å². The van der Waals surface area contributed by atoms with E-state index in [0.29, 0.717) is 23.7 Å². The van der Waals surface area contributed by atoms with Crippen LogP contribution in [0.4, 0.5) is 9.18 Å². The van der Waals surface area contributed by atoms with Gasteiger partial charge in [0.15, 0.2) is 0 Å².